The van der Waals surface area contributed by atoms with Crippen LogP contribution in [0.5, 0.6) is 0 Å². The van der Waals surface area contributed by atoms with Crippen molar-refractivity contribution in [2.45, 2.75) is 38.8 Å². The van der Waals surface area contributed by atoms with Crippen molar-refractivity contribution in [2.75, 3.05) is 6.54 Å². The molecule has 1 saturated heterocycles. The number of hydrogen-bond donors (Lipinski definition) is 1. The number of imide groups is 1. The van der Waals surface area contributed by atoms with E-state index in [4.69, 9.17) is 11.6 Å². The van der Waals surface area contributed by atoms with Crippen LogP contribution in [0.25, 0.3) is 0 Å². The Morgan fingerprint density at radius 3 is 2.75 bits per heavy atom. The minimum Gasteiger partial charge on any atom is -0.299 e. The van der Waals surface area contributed by atoms with Crippen molar-refractivity contribution in [1.29, 1.82) is 0 Å². The molecule has 1 fully saturated rings. The largest absolute Gasteiger partial charge is 0.299 e. The molecule has 2 atom stereocenters. The molecule has 0 spiro atoms. The molecule has 1 aromatic rings. The van der Waals surface area contributed by atoms with Gasteiger partial charge in [0, 0.05) is 17.6 Å². The molecule has 4 nitrogen and oxygen atoms in total. The molecule has 0 aromatic heterocycles. The van der Waals surface area contributed by atoms with E-state index in [2.05, 4.69) is 5.32 Å². The fraction of sp³-hybridized carbons (Fsp3) is 0.467. The van der Waals surface area contributed by atoms with Gasteiger partial charge >= 0.3 is 0 Å². The summed E-state index contributed by atoms with van der Waals surface area (Å²) in [5, 5.41) is 3.87. The zero-order valence-corrected chi connectivity index (χ0v) is 12.5. The van der Waals surface area contributed by atoms with Crippen molar-refractivity contribution >= 4 is 23.4 Å². The lowest BCUT2D eigenvalue weighted by atomic mass is 10.1. The summed E-state index contributed by atoms with van der Waals surface area (Å²) in [6.45, 7) is 4.39. The van der Waals surface area contributed by atoms with E-state index in [1.165, 1.54) is 4.90 Å². The highest BCUT2D eigenvalue weighted by Gasteiger charge is 2.38. The van der Waals surface area contributed by atoms with Gasteiger partial charge in [-0.3, -0.25) is 19.8 Å². The van der Waals surface area contributed by atoms with Gasteiger partial charge < -0.3 is 0 Å². The summed E-state index contributed by atoms with van der Waals surface area (Å²) >= 11 is 6.15. The third kappa shape index (κ3) is 3.02. The summed E-state index contributed by atoms with van der Waals surface area (Å²) in [6.07, 6.45) is 1.01. The summed E-state index contributed by atoms with van der Waals surface area (Å²) in [7, 11) is 0. The monoisotopic (exact) mass is 294 g/mol. The highest BCUT2D eigenvalue weighted by molar-refractivity contribution is 6.31. The molecule has 20 heavy (non-hydrogen) atoms. The number of rotatable bonds is 5. The van der Waals surface area contributed by atoms with E-state index in [9.17, 15) is 9.59 Å². The van der Waals surface area contributed by atoms with Crippen molar-refractivity contribution in [2.24, 2.45) is 0 Å². The maximum absolute atomic E-state index is 12.2. The average molecular weight is 295 g/mol. The number of hydrogen-bond acceptors (Lipinski definition) is 3. The second kappa shape index (κ2) is 6.37. The van der Waals surface area contributed by atoms with Crippen LogP contribution >= 0.6 is 11.6 Å². The van der Waals surface area contributed by atoms with Gasteiger partial charge in [-0.2, -0.15) is 0 Å². The second-order valence-corrected chi connectivity index (χ2v) is 5.46. The Balaban J connectivity index is 2.06. The number of nitrogens with zero attached hydrogens (tertiary/aromatic N) is 1. The van der Waals surface area contributed by atoms with Crippen LogP contribution in [0.3, 0.4) is 0 Å². The Hall–Kier alpha value is -1.39. The molecular weight excluding hydrogens is 276 g/mol. The van der Waals surface area contributed by atoms with Crippen molar-refractivity contribution in [3.05, 3.63) is 34.9 Å². The van der Waals surface area contributed by atoms with E-state index >= 15 is 0 Å². The van der Waals surface area contributed by atoms with E-state index in [0.29, 0.717) is 11.6 Å². The molecule has 5 heteroatoms. The zero-order chi connectivity index (χ0) is 14.7. The predicted octanol–water partition coefficient (Wildman–Crippen LogP) is 2.53. The van der Waals surface area contributed by atoms with E-state index in [1.807, 2.05) is 38.1 Å². The van der Waals surface area contributed by atoms with Crippen LogP contribution in [0.2, 0.25) is 5.02 Å². The van der Waals surface area contributed by atoms with Gasteiger partial charge in [0.1, 0.15) is 0 Å². The van der Waals surface area contributed by atoms with Gasteiger partial charge in [0.2, 0.25) is 11.8 Å². The zero-order valence-electron chi connectivity index (χ0n) is 11.7. The number of carbonyl (C=O) groups is 2. The summed E-state index contributed by atoms with van der Waals surface area (Å²) in [6, 6.07) is 6.99. The van der Waals surface area contributed by atoms with E-state index in [-0.39, 0.29) is 24.3 Å². The molecule has 108 valence electrons. The Morgan fingerprint density at radius 1 is 1.40 bits per heavy atom. The highest BCUT2D eigenvalue weighted by atomic mass is 35.5. The molecule has 2 unspecified atom stereocenters. The fourth-order valence-electron chi connectivity index (χ4n) is 2.49. The van der Waals surface area contributed by atoms with E-state index in [0.717, 1.165) is 12.0 Å². The van der Waals surface area contributed by atoms with Crippen molar-refractivity contribution in [3.63, 3.8) is 0 Å². The van der Waals surface area contributed by atoms with Crippen LogP contribution < -0.4 is 5.32 Å². The first-order valence-electron chi connectivity index (χ1n) is 6.89. The fourth-order valence-corrected chi connectivity index (χ4v) is 2.79. The molecule has 1 N–H and O–H groups in total. The van der Waals surface area contributed by atoms with Crippen LogP contribution in [0.15, 0.2) is 24.3 Å². The lowest BCUT2D eigenvalue weighted by Crippen LogP contribution is -2.40. The van der Waals surface area contributed by atoms with Crippen LogP contribution in [0.1, 0.15) is 38.3 Å². The molecule has 1 aliphatic heterocycles. The van der Waals surface area contributed by atoms with Crippen molar-refractivity contribution in [3.8, 4) is 0 Å². The normalized spacial score (nSPS) is 20.6. The van der Waals surface area contributed by atoms with Gasteiger partial charge in [-0.15, -0.1) is 0 Å². The van der Waals surface area contributed by atoms with Gasteiger partial charge in [0.05, 0.1) is 12.5 Å². The first-order valence-corrected chi connectivity index (χ1v) is 7.27. The third-order valence-electron chi connectivity index (χ3n) is 3.51. The molecule has 1 heterocycles. The van der Waals surface area contributed by atoms with Gasteiger partial charge in [-0.05, 0) is 25.0 Å². The summed E-state index contributed by atoms with van der Waals surface area (Å²) in [4.78, 5) is 25.3. The lowest BCUT2D eigenvalue weighted by molar-refractivity contribution is -0.138. The molecule has 0 radical (unpaired) electrons. The van der Waals surface area contributed by atoms with Gasteiger partial charge in [0.15, 0.2) is 0 Å². The standard InChI is InChI=1S/C15H19ClN2O2/c1-3-8-18-14(19)9-13(15(18)20)17-10(2)11-6-4-5-7-12(11)16/h4-7,10,13,17H,3,8-9H2,1-2H3. The van der Waals surface area contributed by atoms with Gasteiger partial charge in [-0.25, -0.2) is 0 Å². The maximum Gasteiger partial charge on any atom is 0.246 e. The minimum absolute atomic E-state index is 0.0768. The molecule has 2 amide bonds. The van der Waals surface area contributed by atoms with Gasteiger partial charge in [-0.1, -0.05) is 36.7 Å². The van der Waals surface area contributed by atoms with Crippen LogP contribution in [-0.2, 0) is 9.59 Å². The smallest absolute Gasteiger partial charge is 0.246 e. The predicted molar refractivity (Wildman–Crippen MR) is 78.4 cm³/mol. The summed E-state index contributed by atoms with van der Waals surface area (Å²) in [5.41, 5.74) is 0.934. The van der Waals surface area contributed by atoms with Crippen LogP contribution in [0.4, 0.5) is 0 Å². The topological polar surface area (TPSA) is 49.4 Å². The molecule has 2 rings (SSSR count). The SMILES string of the molecule is CCCN1C(=O)CC(NC(C)c2ccccc2Cl)C1=O. The van der Waals surface area contributed by atoms with Crippen molar-refractivity contribution in [1.82, 2.24) is 10.2 Å². The molecule has 0 aliphatic carbocycles. The molecule has 0 saturated carbocycles. The summed E-state index contributed by atoms with van der Waals surface area (Å²) in [5.74, 6) is -0.225. The number of halogens is 1. The number of nitrogens with one attached hydrogen (secondary N) is 1. The Morgan fingerprint density at radius 2 is 2.10 bits per heavy atom. The van der Waals surface area contributed by atoms with Gasteiger partial charge in [0.25, 0.3) is 0 Å². The molecule has 0 bridgehead atoms. The average Bonchev–Trinajstić information content (AvgIpc) is 2.67. The lowest BCUT2D eigenvalue weighted by Gasteiger charge is -2.20. The first-order chi connectivity index (χ1) is 9.54. The summed E-state index contributed by atoms with van der Waals surface area (Å²) < 4.78 is 0. The van der Waals surface area contributed by atoms with Crippen LogP contribution in [0, 0.1) is 0 Å². The number of amides is 2. The second-order valence-electron chi connectivity index (χ2n) is 5.05. The third-order valence-corrected chi connectivity index (χ3v) is 3.86. The minimum atomic E-state index is -0.444. The van der Waals surface area contributed by atoms with E-state index < -0.39 is 6.04 Å². The first kappa shape index (κ1) is 15.0. The Kier molecular flexibility index (Phi) is 4.78. The highest BCUT2D eigenvalue weighted by Crippen LogP contribution is 2.24. The number of carbonyl (C=O) groups excluding carboxylic acids is 2. The number of likely N-dealkylation sites (tertiary alicyclic amines) is 1. The Bertz CT molecular complexity index is 518. The van der Waals surface area contributed by atoms with E-state index in [1.54, 1.807) is 0 Å². The molecule has 1 aromatic carbocycles. The van der Waals surface area contributed by atoms with Crippen LogP contribution in [-0.4, -0.2) is 29.3 Å². The quantitative estimate of drug-likeness (QED) is 0.849. The molecule has 1 aliphatic rings. The molecular formula is C15H19ClN2O2. The number of benzene rings is 1. The Labute approximate surface area is 124 Å². The maximum atomic E-state index is 12.2. The van der Waals surface area contributed by atoms with Crippen molar-refractivity contribution < 1.29 is 9.59 Å².